The number of hydrogen-bond donors (Lipinski definition) is 1. The van der Waals surface area contributed by atoms with E-state index in [1.165, 1.54) is 4.88 Å². The summed E-state index contributed by atoms with van der Waals surface area (Å²) in [6, 6.07) is 11.2. The summed E-state index contributed by atoms with van der Waals surface area (Å²) in [5.41, 5.74) is 1.07. The van der Waals surface area contributed by atoms with Gasteiger partial charge in [-0.25, -0.2) is 0 Å². The maximum absolute atomic E-state index is 12.1. The number of nitrogens with one attached hydrogen (secondary N) is 1. The number of halogens is 2. The normalized spacial score (nSPS) is 12.6. The van der Waals surface area contributed by atoms with E-state index in [-0.39, 0.29) is 11.8 Å². The van der Waals surface area contributed by atoms with Crippen molar-refractivity contribution in [3.63, 3.8) is 0 Å². The van der Waals surface area contributed by atoms with Gasteiger partial charge in [0.05, 0.1) is 0 Å². The summed E-state index contributed by atoms with van der Waals surface area (Å²) in [6.07, 6.45) is 1.96. The molecule has 20 heavy (non-hydrogen) atoms. The van der Waals surface area contributed by atoms with Crippen LogP contribution in [0.4, 0.5) is 8.78 Å². The van der Waals surface area contributed by atoms with Crippen LogP contribution in [0.2, 0.25) is 0 Å². The summed E-state index contributed by atoms with van der Waals surface area (Å²) in [4.78, 5) is 1.35. The maximum Gasteiger partial charge on any atom is 0.387 e. The number of thiophene rings is 1. The SMILES string of the molecule is CNC(CCc1cccs1)c1ccc(OC(F)F)cc1. The minimum absolute atomic E-state index is 0.192. The van der Waals surface area contributed by atoms with Crippen LogP contribution in [0, 0.1) is 0 Å². The lowest BCUT2D eigenvalue weighted by Crippen LogP contribution is -2.17. The first-order valence-electron chi connectivity index (χ1n) is 6.43. The molecule has 0 saturated heterocycles. The molecule has 0 fully saturated rings. The van der Waals surface area contributed by atoms with E-state index in [2.05, 4.69) is 21.5 Å². The Kier molecular flexibility index (Phi) is 5.49. The van der Waals surface area contributed by atoms with Crippen molar-refractivity contribution in [3.05, 3.63) is 52.2 Å². The Morgan fingerprint density at radius 3 is 2.50 bits per heavy atom. The molecule has 0 spiro atoms. The van der Waals surface area contributed by atoms with Gasteiger partial charge in [0.25, 0.3) is 0 Å². The molecule has 1 heterocycles. The first kappa shape index (κ1) is 14.9. The Hall–Kier alpha value is -1.46. The lowest BCUT2D eigenvalue weighted by Gasteiger charge is -2.16. The highest BCUT2D eigenvalue weighted by Crippen LogP contribution is 2.23. The highest BCUT2D eigenvalue weighted by atomic mass is 32.1. The van der Waals surface area contributed by atoms with Gasteiger partial charge in [-0.2, -0.15) is 8.78 Å². The van der Waals surface area contributed by atoms with Gasteiger partial charge in [0.15, 0.2) is 0 Å². The summed E-state index contributed by atoms with van der Waals surface area (Å²) < 4.78 is 28.5. The maximum atomic E-state index is 12.1. The van der Waals surface area contributed by atoms with E-state index >= 15 is 0 Å². The third-order valence-electron chi connectivity index (χ3n) is 3.12. The Labute approximate surface area is 121 Å². The average molecular weight is 297 g/mol. The van der Waals surface area contributed by atoms with E-state index in [0.717, 1.165) is 18.4 Å². The van der Waals surface area contributed by atoms with Crippen LogP contribution in [0.3, 0.4) is 0 Å². The van der Waals surface area contributed by atoms with Crippen molar-refractivity contribution < 1.29 is 13.5 Å². The fourth-order valence-corrected chi connectivity index (χ4v) is 2.83. The van der Waals surface area contributed by atoms with Crippen LogP contribution < -0.4 is 10.1 Å². The van der Waals surface area contributed by atoms with Crippen LogP contribution in [0.5, 0.6) is 5.75 Å². The molecular formula is C15H17F2NOS. The van der Waals surface area contributed by atoms with Gasteiger partial charge < -0.3 is 10.1 Å². The second kappa shape index (κ2) is 7.36. The summed E-state index contributed by atoms with van der Waals surface area (Å²) in [6.45, 7) is -2.78. The van der Waals surface area contributed by atoms with E-state index in [0.29, 0.717) is 0 Å². The summed E-state index contributed by atoms with van der Waals surface area (Å²) in [5.74, 6) is 0.192. The second-order valence-electron chi connectivity index (χ2n) is 4.41. The number of hydrogen-bond acceptors (Lipinski definition) is 3. The lowest BCUT2D eigenvalue weighted by molar-refractivity contribution is -0.0498. The molecule has 2 nitrogen and oxygen atoms in total. The van der Waals surface area contributed by atoms with Crippen LogP contribution in [0.25, 0.3) is 0 Å². The molecule has 0 aliphatic rings. The highest BCUT2D eigenvalue weighted by molar-refractivity contribution is 7.09. The molecule has 2 aromatic rings. The molecule has 1 unspecified atom stereocenters. The second-order valence-corrected chi connectivity index (χ2v) is 5.44. The van der Waals surface area contributed by atoms with E-state index in [1.54, 1.807) is 23.5 Å². The summed E-state index contributed by atoms with van der Waals surface area (Å²) >= 11 is 1.75. The van der Waals surface area contributed by atoms with Crippen molar-refractivity contribution in [2.45, 2.75) is 25.5 Å². The standard InChI is InChI=1S/C15H17F2NOS/c1-18-14(9-8-13-3-2-10-20-13)11-4-6-12(7-5-11)19-15(16)17/h2-7,10,14-15,18H,8-9H2,1H3. The van der Waals surface area contributed by atoms with Gasteiger partial charge in [-0.15, -0.1) is 11.3 Å². The average Bonchev–Trinajstić information content (AvgIpc) is 2.94. The predicted octanol–water partition coefficient (Wildman–Crippen LogP) is 4.24. The van der Waals surface area contributed by atoms with Gasteiger partial charge in [-0.3, -0.25) is 0 Å². The quantitative estimate of drug-likeness (QED) is 0.825. The van der Waals surface area contributed by atoms with E-state index < -0.39 is 6.61 Å². The largest absolute Gasteiger partial charge is 0.435 e. The van der Waals surface area contributed by atoms with Crippen molar-refractivity contribution in [3.8, 4) is 5.75 Å². The van der Waals surface area contributed by atoms with Gasteiger partial charge in [0.2, 0.25) is 0 Å². The molecule has 1 atom stereocenters. The fraction of sp³-hybridized carbons (Fsp3) is 0.333. The smallest absolute Gasteiger partial charge is 0.387 e. The lowest BCUT2D eigenvalue weighted by atomic mass is 10.0. The van der Waals surface area contributed by atoms with Crippen molar-refractivity contribution in [2.24, 2.45) is 0 Å². The molecule has 0 aliphatic heterocycles. The van der Waals surface area contributed by atoms with Gasteiger partial charge in [0.1, 0.15) is 5.75 Å². The van der Waals surface area contributed by atoms with Crippen LogP contribution in [-0.2, 0) is 6.42 Å². The van der Waals surface area contributed by atoms with Gasteiger partial charge >= 0.3 is 6.61 Å². The van der Waals surface area contributed by atoms with Gasteiger partial charge in [0, 0.05) is 10.9 Å². The molecule has 0 radical (unpaired) electrons. The van der Waals surface area contributed by atoms with Gasteiger partial charge in [-0.1, -0.05) is 18.2 Å². The van der Waals surface area contributed by atoms with E-state index in [9.17, 15) is 8.78 Å². The van der Waals surface area contributed by atoms with Crippen LogP contribution >= 0.6 is 11.3 Å². The van der Waals surface area contributed by atoms with E-state index in [4.69, 9.17) is 0 Å². The number of ether oxygens (including phenoxy) is 1. The molecule has 1 aromatic heterocycles. The Morgan fingerprint density at radius 2 is 1.95 bits per heavy atom. The summed E-state index contributed by atoms with van der Waals surface area (Å²) in [5, 5.41) is 5.33. The minimum Gasteiger partial charge on any atom is -0.435 e. The first-order valence-corrected chi connectivity index (χ1v) is 7.31. The zero-order valence-corrected chi connectivity index (χ0v) is 12.0. The summed E-state index contributed by atoms with van der Waals surface area (Å²) in [7, 11) is 1.91. The molecule has 0 amide bonds. The Balaban J connectivity index is 1.96. The fourth-order valence-electron chi connectivity index (χ4n) is 2.10. The zero-order valence-electron chi connectivity index (χ0n) is 11.2. The van der Waals surface area contributed by atoms with Crippen molar-refractivity contribution in [1.29, 1.82) is 0 Å². The molecule has 5 heteroatoms. The van der Waals surface area contributed by atoms with Crippen molar-refractivity contribution in [1.82, 2.24) is 5.32 Å². The third-order valence-corrected chi connectivity index (χ3v) is 4.05. The molecule has 108 valence electrons. The van der Waals surface area contributed by atoms with E-state index in [1.807, 2.05) is 25.2 Å². The monoisotopic (exact) mass is 297 g/mol. The number of aryl methyl sites for hydroxylation is 1. The Morgan fingerprint density at radius 1 is 1.20 bits per heavy atom. The number of benzene rings is 1. The molecule has 0 bridgehead atoms. The van der Waals surface area contributed by atoms with Gasteiger partial charge in [-0.05, 0) is 49.0 Å². The Bertz CT molecular complexity index is 499. The predicted molar refractivity (Wildman–Crippen MR) is 77.5 cm³/mol. The van der Waals surface area contributed by atoms with Crippen molar-refractivity contribution >= 4 is 11.3 Å². The molecule has 0 saturated carbocycles. The van der Waals surface area contributed by atoms with Crippen molar-refractivity contribution in [2.75, 3.05) is 7.05 Å². The molecule has 1 aromatic carbocycles. The molecule has 2 rings (SSSR count). The third kappa shape index (κ3) is 4.28. The number of rotatable bonds is 7. The van der Waals surface area contributed by atoms with Crippen LogP contribution in [0.15, 0.2) is 41.8 Å². The topological polar surface area (TPSA) is 21.3 Å². The highest BCUT2D eigenvalue weighted by Gasteiger charge is 2.11. The molecule has 1 N–H and O–H groups in total. The molecule has 0 aliphatic carbocycles. The van der Waals surface area contributed by atoms with Crippen LogP contribution in [0.1, 0.15) is 22.9 Å². The zero-order chi connectivity index (χ0) is 14.4. The number of alkyl halides is 2. The molecular weight excluding hydrogens is 280 g/mol. The minimum atomic E-state index is -2.78. The van der Waals surface area contributed by atoms with Crippen LogP contribution in [-0.4, -0.2) is 13.7 Å². The first-order chi connectivity index (χ1) is 9.69.